The van der Waals surface area contributed by atoms with Crippen molar-refractivity contribution in [2.45, 2.75) is 13.8 Å². The van der Waals surface area contributed by atoms with E-state index in [-0.39, 0.29) is 17.5 Å². The molecule has 0 saturated heterocycles. The molecule has 1 aromatic rings. The maximum Gasteiger partial charge on any atom is 0.298 e. The van der Waals surface area contributed by atoms with Gasteiger partial charge in [0, 0.05) is 13.8 Å². The van der Waals surface area contributed by atoms with E-state index in [2.05, 4.69) is 9.97 Å². The predicted molar refractivity (Wildman–Crippen MR) is 59.7 cm³/mol. The number of nitrogen functional groups attached to an aromatic ring is 1. The maximum absolute atomic E-state index is 11.7. The Labute approximate surface area is 96.4 Å². The Morgan fingerprint density at radius 1 is 1.35 bits per heavy atom. The van der Waals surface area contributed by atoms with Crippen LogP contribution in [0.15, 0.2) is 4.79 Å². The number of nitrogens with zero attached hydrogens (tertiary/aromatic N) is 2. The van der Waals surface area contributed by atoms with Crippen LogP contribution in [-0.4, -0.2) is 28.9 Å². The lowest BCUT2D eigenvalue weighted by Crippen LogP contribution is -2.38. The summed E-state index contributed by atoms with van der Waals surface area (Å²) in [6.45, 7) is 2.29. The summed E-state index contributed by atoms with van der Waals surface area (Å²) in [6, 6.07) is -0.0942. The molecule has 0 saturated carbocycles. The van der Waals surface area contributed by atoms with Gasteiger partial charge < -0.3 is 10.5 Å². The average molecular weight is 240 g/mol. The highest BCUT2D eigenvalue weighted by molar-refractivity contribution is 6.14. The summed E-state index contributed by atoms with van der Waals surface area (Å²) in [5.74, 6) is -1.50. The van der Waals surface area contributed by atoms with Gasteiger partial charge >= 0.3 is 0 Å². The number of nitrogens with two attached hydrogens (primary N) is 1. The second kappa shape index (κ2) is 4.64. The molecule has 8 nitrogen and oxygen atoms in total. The van der Waals surface area contributed by atoms with E-state index >= 15 is 0 Å². The Balaban J connectivity index is 3.45. The summed E-state index contributed by atoms with van der Waals surface area (Å²) >= 11 is 0. The quantitative estimate of drug-likeness (QED) is 0.702. The van der Waals surface area contributed by atoms with Gasteiger partial charge in [0.15, 0.2) is 11.5 Å². The van der Waals surface area contributed by atoms with Gasteiger partial charge in [-0.1, -0.05) is 0 Å². The number of anilines is 2. The molecule has 3 N–H and O–H groups in total. The van der Waals surface area contributed by atoms with E-state index in [0.717, 1.165) is 13.8 Å². The van der Waals surface area contributed by atoms with Crippen LogP contribution < -0.4 is 20.9 Å². The van der Waals surface area contributed by atoms with Crippen LogP contribution in [0.4, 0.5) is 11.5 Å². The lowest BCUT2D eigenvalue weighted by Gasteiger charge is -2.17. The number of aromatic nitrogens is 2. The lowest BCUT2D eigenvalue weighted by molar-refractivity contribution is -0.124. The van der Waals surface area contributed by atoms with Crippen molar-refractivity contribution in [1.82, 2.24) is 9.97 Å². The number of hydrogen-bond donors (Lipinski definition) is 2. The van der Waals surface area contributed by atoms with E-state index in [9.17, 15) is 14.4 Å². The maximum atomic E-state index is 11.7. The number of carbonyl (C=O) groups excluding carboxylic acids is 2. The fourth-order valence-electron chi connectivity index (χ4n) is 1.31. The summed E-state index contributed by atoms with van der Waals surface area (Å²) in [6.07, 6.45) is 0. The zero-order valence-corrected chi connectivity index (χ0v) is 9.60. The first-order valence-electron chi connectivity index (χ1n) is 4.63. The number of ether oxygens (including phenoxy) is 1. The highest BCUT2D eigenvalue weighted by Gasteiger charge is 2.23. The van der Waals surface area contributed by atoms with Crippen molar-refractivity contribution < 1.29 is 14.3 Å². The summed E-state index contributed by atoms with van der Waals surface area (Å²) in [7, 11) is 1.30. The van der Waals surface area contributed by atoms with Crippen molar-refractivity contribution in [1.29, 1.82) is 0 Å². The molecule has 0 unspecified atom stereocenters. The molecule has 1 aromatic heterocycles. The molecule has 0 aromatic carbocycles. The number of H-pyrrole nitrogens is 1. The SMILES string of the molecule is COc1nc(N)c(N(C(C)=O)C(C)=O)c(=O)[nH]1. The van der Waals surface area contributed by atoms with Crippen molar-refractivity contribution >= 4 is 23.3 Å². The van der Waals surface area contributed by atoms with Gasteiger partial charge in [-0.3, -0.25) is 19.4 Å². The van der Waals surface area contributed by atoms with E-state index in [1.54, 1.807) is 0 Å². The molecule has 17 heavy (non-hydrogen) atoms. The summed E-state index contributed by atoms with van der Waals surface area (Å²) in [5.41, 5.74) is 4.49. The molecule has 2 amide bonds. The summed E-state index contributed by atoms with van der Waals surface area (Å²) in [5, 5.41) is 0. The third-order valence-corrected chi connectivity index (χ3v) is 1.95. The number of imide groups is 1. The van der Waals surface area contributed by atoms with Crippen LogP contribution in [0.2, 0.25) is 0 Å². The lowest BCUT2D eigenvalue weighted by atomic mass is 10.3. The van der Waals surface area contributed by atoms with Crippen molar-refractivity contribution in [3.05, 3.63) is 10.4 Å². The van der Waals surface area contributed by atoms with E-state index in [0.29, 0.717) is 4.90 Å². The van der Waals surface area contributed by atoms with Gasteiger partial charge in [-0.2, -0.15) is 4.98 Å². The first-order chi connectivity index (χ1) is 7.88. The second-order valence-electron chi connectivity index (χ2n) is 3.18. The molecule has 1 rings (SSSR count). The fraction of sp³-hybridized carbons (Fsp3) is 0.333. The van der Waals surface area contributed by atoms with Gasteiger partial charge in [0.05, 0.1) is 7.11 Å². The van der Waals surface area contributed by atoms with Crippen molar-refractivity contribution in [2.75, 3.05) is 17.7 Å². The first-order valence-corrected chi connectivity index (χ1v) is 4.63. The van der Waals surface area contributed by atoms with Crippen LogP contribution in [-0.2, 0) is 9.59 Å². The average Bonchev–Trinajstić information content (AvgIpc) is 2.21. The molecule has 0 aliphatic rings. The molecule has 0 atom stereocenters. The molecule has 0 spiro atoms. The number of hydrogen-bond acceptors (Lipinski definition) is 6. The molecule has 0 aliphatic carbocycles. The van der Waals surface area contributed by atoms with Crippen molar-refractivity contribution in [3.8, 4) is 6.01 Å². The monoisotopic (exact) mass is 240 g/mol. The number of amides is 2. The van der Waals surface area contributed by atoms with E-state index < -0.39 is 17.4 Å². The van der Waals surface area contributed by atoms with Crippen LogP contribution in [0.5, 0.6) is 6.01 Å². The molecule has 0 aliphatic heterocycles. The third-order valence-electron chi connectivity index (χ3n) is 1.95. The molecular weight excluding hydrogens is 228 g/mol. The van der Waals surface area contributed by atoms with Gasteiger partial charge in [0.1, 0.15) is 0 Å². The predicted octanol–water partition coefficient (Wildman–Crippen LogP) is -0.740. The number of nitrogens with one attached hydrogen (secondary N) is 1. The molecule has 0 bridgehead atoms. The number of rotatable bonds is 2. The fourth-order valence-corrected chi connectivity index (χ4v) is 1.31. The van der Waals surface area contributed by atoms with Crippen molar-refractivity contribution in [2.24, 2.45) is 0 Å². The minimum atomic E-state index is -0.722. The smallest absolute Gasteiger partial charge is 0.298 e. The normalized spacial score (nSPS) is 9.82. The Morgan fingerprint density at radius 3 is 2.24 bits per heavy atom. The second-order valence-corrected chi connectivity index (χ2v) is 3.18. The van der Waals surface area contributed by atoms with Crippen LogP contribution in [0.25, 0.3) is 0 Å². The number of carbonyl (C=O) groups is 2. The Morgan fingerprint density at radius 2 is 1.88 bits per heavy atom. The summed E-state index contributed by atoms with van der Waals surface area (Å²) in [4.78, 5) is 40.8. The van der Waals surface area contributed by atoms with Crippen LogP contribution in [0.1, 0.15) is 13.8 Å². The standard InChI is InChI=1S/C9H12N4O4/c1-4(14)13(5(2)15)6-7(10)11-9(17-3)12-8(6)16/h1-3H3,(H3,10,11,12,16). The number of methoxy groups -OCH3 is 1. The minimum Gasteiger partial charge on any atom is -0.468 e. The highest BCUT2D eigenvalue weighted by atomic mass is 16.5. The number of aromatic amines is 1. The molecule has 0 radical (unpaired) electrons. The molecule has 92 valence electrons. The molecular formula is C9H12N4O4. The van der Waals surface area contributed by atoms with Gasteiger partial charge in [-0.05, 0) is 0 Å². The van der Waals surface area contributed by atoms with Crippen LogP contribution in [0.3, 0.4) is 0 Å². The van der Waals surface area contributed by atoms with Gasteiger partial charge in [0.25, 0.3) is 11.6 Å². The molecule has 8 heteroatoms. The Bertz CT molecular complexity index is 508. The Kier molecular flexibility index (Phi) is 3.46. The van der Waals surface area contributed by atoms with E-state index in [4.69, 9.17) is 10.5 Å². The van der Waals surface area contributed by atoms with Gasteiger partial charge in [-0.25, -0.2) is 4.90 Å². The third kappa shape index (κ3) is 2.41. The highest BCUT2D eigenvalue weighted by Crippen LogP contribution is 2.17. The largest absolute Gasteiger partial charge is 0.468 e. The zero-order valence-electron chi connectivity index (χ0n) is 9.60. The van der Waals surface area contributed by atoms with Gasteiger partial charge in [0.2, 0.25) is 11.8 Å². The molecule has 1 heterocycles. The minimum absolute atomic E-state index is 0.0942. The Hall–Kier alpha value is -2.38. The zero-order chi connectivity index (χ0) is 13.2. The van der Waals surface area contributed by atoms with Crippen molar-refractivity contribution in [3.63, 3.8) is 0 Å². The van der Waals surface area contributed by atoms with E-state index in [1.165, 1.54) is 7.11 Å². The molecule has 0 fully saturated rings. The topological polar surface area (TPSA) is 118 Å². The van der Waals surface area contributed by atoms with E-state index in [1.807, 2.05) is 0 Å². The first kappa shape index (κ1) is 12.7. The summed E-state index contributed by atoms with van der Waals surface area (Å²) < 4.78 is 4.70. The van der Waals surface area contributed by atoms with Crippen LogP contribution in [0, 0.1) is 0 Å². The van der Waals surface area contributed by atoms with Gasteiger partial charge in [-0.15, -0.1) is 0 Å². The van der Waals surface area contributed by atoms with Crippen LogP contribution >= 0.6 is 0 Å².